The molecule has 0 radical (unpaired) electrons. The molecule has 0 saturated carbocycles. The van der Waals surface area contributed by atoms with Gasteiger partial charge < -0.3 is 20.9 Å². The van der Waals surface area contributed by atoms with Crippen LogP contribution in [0.25, 0.3) is 0 Å². The third kappa shape index (κ3) is 2.90. The molecule has 0 amide bonds. The summed E-state index contributed by atoms with van der Waals surface area (Å²) in [5, 5.41) is 12.6. The van der Waals surface area contributed by atoms with Crippen molar-refractivity contribution in [3.63, 3.8) is 0 Å². The maximum absolute atomic E-state index is 9.47. The van der Waals surface area contributed by atoms with E-state index in [2.05, 4.69) is 5.32 Å². The SMILES string of the molecule is COc1ccc(CNCCN)cc1O. The fraction of sp³-hybridized carbons (Fsp3) is 0.400. The minimum absolute atomic E-state index is 0.166. The fourth-order valence-corrected chi connectivity index (χ4v) is 1.18. The highest BCUT2D eigenvalue weighted by atomic mass is 16.5. The molecule has 0 fully saturated rings. The van der Waals surface area contributed by atoms with Crippen LogP contribution in [0.15, 0.2) is 18.2 Å². The van der Waals surface area contributed by atoms with Crippen molar-refractivity contribution in [2.45, 2.75) is 6.54 Å². The first-order chi connectivity index (χ1) is 6.77. The Morgan fingerprint density at radius 1 is 1.50 bits per heavy atom. The fourth-order valence-electron chi connectivity index (χ4n) is 1.18. The highest BCUT2D eigenvalue weighted by Crippen LogP contribution is 2.25. The molecule has 0 aromatic heterocycles. The second-order valence-electron chi connectivity index (χ2n) is 2.97. The quantitative estimate of drug-likeness (QED) is 0.598. The van der Waals surface area contributed by atoms with Crippen LogP contribution in [0.5, 0.6) is 11.5 Å². The van der Waals surface area contributed by atoms with E-state index in [0.717, 1.165) is 12.1 Å². The maximum Gasteiger partial charge on any atom is 0.160 e. The highest BCUT2D eigenvalue weighted by Gasteiger charge is 2.01. The summed E-state index contributed by atoms with van der Waals surface area (Å²) in [6.07, 6.45) is 0. The van der Waals surface area contributed by atoms with Crippen LogP contribution in [0.1, 0.15) is 5.56 Å². The lowest BCUT2D eigenvalue weighted by atomic mass is 10.2. The van der Waals surface area contributed by atoms with E-state index < -0.39 is 0 Å². The topological polar surface area (TPSA) is 67.5 Å². The van der Waals surface area contributed by atoms with Crippen LogP contribution in [0.4, 0.5) is 0 Å². The van der Waals surface area contributed by atoms with E-state index in [1.807, 2.05) is 6.07 Å². The van der Waals surface area contributed by atoms with Gasteiger partial charge in [0.2, 0.25) is 0 Å². The first-order valence-corrected chi connectivity index (χ1v) is 4.54. The van der Waals surface area contributed by atoms with Crippen molar-refractivity contribution in [2.75, 3.05) is 20.2 Å². The Kier molecular flexibility index (Phi) is 4.22. The number of benzene rings is 1. The summed E-state index contributed by atoms with van der Waals surface area (Å²) in [6, 6.07) is 5.33. The number of rotatable bonds is 5. The molecule has 14 heavy (non-hydrogen) atoms. The van der Waals surface area contributed by atoms with Crippen molar-refractivity contribution in [3.05, 3.63) is 23.8 Å². The van der Waals surface area contributed by atoms with Gasteiger partial charge in [-0.05, 0) is 17.7 Å². The number of aromatic hydroxyl groups is 1. The average Bonchev–Trinajstić information content (AvgIpc) is 2.18. The second-order valence-corrected chi connectivity index (χ2v) is 2.97. The number of methoxy groups -OCH3 is 1. The molecule has 4 N–H and O–H groups in total. The van der Waals surface area contributed by atoms with E-state index in [-0.39, 0.29) is 5.75 Å². The van der Waals surface area contributed by atoms with Crippen molar-refractivity contribution in [3.8, 4) is 11.5 Å². The first kappa shape index (κ1) is 10.8. The van der Waals surface area contributed by atoms with Crippen LogP contribution in [-0.2, 0) is 6.54 Å². The summed E-state index contributed by atoms with van der Waals surface area (Å²) < 4.78 is 4.94. The first-order valence-electron chi connectivity index (χ1n) is 4.54. The van der Waals surface area contributed by atoms with Gasteiger partial charge >= 0.3 is 0 Å². The van der Waals surface area contributed by atoms with E-state index in [1.165, 1.54) is 7.11 Å². The van der Waals surface area contributed by atoms with Crippen molar-refractivity contribution < 1.29 is 9.84 Å². The molecule has 4 nitrogen and oxygen atoms in total. The van der Waals surface area contributed by atoms with Crippen LogP contribution < -0.4 is 15.8 Å². The molecule has 0 unspecified atom stereocenters. The third-order valence-electron chi connectivity index (χ3n) is 1.89. The second kappa shape index (κ2) is 5.47. The molecular formula is C10H16N2O2. The predicted octanol–water partition coefficient (Wildman–Crippen LogP) is 0.449. The zero-order valence-electron chi connectivity index (χ0n) is 8.29. The normalized spacial score (nSPS) is 10.1. The molecule has 1 aromatic rings. The van der Waals surface area contributed by atoms with Gasteiger partial charge in [0.1, 0.15) is 0 Å². The average molecular weight is 196 g/mol. The standard InChI is InChI=1S/C10H16N2O2/c1-14-10-3-2-8(6-9(10)13)7-12-5-4-11/h2-3,6,12-13H,4-5,7,11H2,1H3. The molecule has 0 saturated heterocycles. The van der Waals surface area contributed by atoms with Crippen LogP contribution in [0, 0.1) is 0 Å². The van der Waals surface area contributed by atoms with Gasteiger partial charge in [-0.15, -0.1) is 0 Å². The molecule has 1 rings (SSSR count). The van der Waals surface area contributed by atoms with Gasteiger partial charge in [0.15, 0.2) is 11.5 Å². The molecule has 78 valence electrons. The lowest BCUT2D eigenvalue weighted by Crippen LogP contribution is -2.21. The van der Waals surface area contributed by atoms with Gasteiger partial charge in [-0.3, -0.25) is 0 Å². The van der Waals surface area contributed by atoms with E-state index in [9.17, 15) is 5.11 Å². The smallest absolute Gasteiger partial charge is 0.160 e. The van der Waals surface area contributed by atoms with E-state index in [4.69, 9.17) is 10.5 Å². The Morgan fingerprint density at radius 2 is 2.29 bits per heavy atom. The number of nitrogens with two attached hydrogens (primary N) is 1. The minimum atomic E-state index is 0.166. The summed E-state index contributed by atoms with van der Waals surface area (Å²) in [5.74, 6) is 0.659. The van der Waals surface area contributed by atoms with Crippen molar-refractivity contribution in [2.24, 2.45) is 5.73 Å². The van der Waals surface area contributed by atoms with Crippen molar-refractivity contribution >= 4 is 0 Å². The van der Waals surface area contributed by atoms with E-state index >= 15 is 0 Å². The third-order valence-corrected chi connectivity index (χ3v) is 1.89. The van der Waals surface area contributed by atoms with Gasteiger partial charge in [0.25, 0.3) is 0 Å². The number of phenolic OH excluding ortho intramolecular Hbond substituents is 1. The Balaban J connectivity index is 2.57. The summed E-state index contributed by atoms with van der Waals surface area (Å²) >= 11 is 0. The molecule has 0 spiro atoms. The monoisotopic (exact) mass is 196 g/mol. The van der Waals surface area contributed by atoms with Gasteiger partial charge in [0.05, 0.1) is 7.11 Å². The molecule has 0 bridgehead atoms. The number of hydrogen-bond acceptors (Lipinski definition) is 4. The van der Waals surface area contributed by atoms with Crippen molar-refractivity contribution in [1.82, 2.24) is 5.32 Å². The maximum atomic E-state index is 9.47. The summed E-state index contributed by atoms with van der Waals surface area (Å²) in [4.78, 5) is 0. The Labute approximate surface area is 83.7 Å². The summed E-state index contributed by atoms with van der Waals surface area (Å²) in [6.45, 7) is 2.09. The summed E-state index contributed by atoms with van der Waals surface area (Å²) in [7, 11) is 1.53. The van der Waals surface area contributed by atoms with E-state index in [0.29, 0.717) is 18.8 Å². The molecule has 0 atom stereocenters. The lowest BCUT2D eigenvalue weighted by Gasteiger charge is -2.06. The zero-order valence-corrected chi connectivity index (χ0v) is 8.29. The molecule has 0 heterocycles. The van der Waals surface area contributed by atoms with Gasteiger partial charge in [0, 0.05) is 19.6 Å². The van der Waals surface area contributed by atoms with E-state index in [1.54, 1.807) is 12.1 Å². The highest BCUT2D eigenvalue weighted by molar-refractivity contribution is 5.41. The number of nitrogens with one attached hydrogen (secondary N) is 1. The Morgan fingerprint density at radius 3 is 2.86 bits per heavy atom. The van der Waals surface area contributed by atoms with Gasteiger partial charge in [-0.1, -0.05) is 6.07 Å². The van der Waals surface area contributed by atoms with Crippen LogP contribution in [-0.4, -0.2) is 25.3 Å². The largest absolute Gasteiger partial charge is 0.504 e. The van der Waals surface area contributed by atoms with Crippen LogP contribution in [0.3, 0.4) is 0 Å². The van der Waals surface area contributed by atoms with Crippen molar-refractivity contribution in [1.29, 1.82) is 0 Å². The summed E-state index contributed by atoms with van der Waals surface area (Å²) in [5.41, 5.74) is 6.35. The zero-order chi connectivity index (χ0) is 10.4. The number of ether oxygens (including phenoxy) is 1. The molecular weight excluding hydrogens is 180 g/mol. The van der Waals surface area contributed by atoms with Gasteiger partial charge in [-0.25, -0.2) is 0 Å². The minimum Gasteiger partial charge on any atom is -0.504 e. The molecule has 0 aliphatic rings. The molecule has 0 aliphatic heterocycles. The predicted molar refractivity (Wildman–Crippen MR) is 55.4 cm³/mol. The number of phenols is 1. The lowest BCUT2D eigenvalue weighted by molar-refractivity contribution is 0.373. The van der Waals surface area contributed by atoms with Crippen LogP contribution >= 0.6 is 0 Å². The molecule has 1 aromatic carbocycles. The number of hydrogen-bond donors (Lipinski definition) is 3. The molecule has 4 heteroatoms. The van der Waals surface area contributed by atoms with Crippen LogP contribution in [0.2, 0.25) is 0 Å². The Bertz CT molecular complexity index is 289. The van der Waals surface area contributed by atoms with Gasteiger partial charge in [-0.2, -0.15) is 0 Å². The molecule has 0 aliphatic carbocycles. The Hall–Kier alpha value is -1.26.